The van der Waals surface area contributed by atoms with Crippen molar-refractivity contribution in [3.63, 3.8) is 0 Å². The lowest BCUT2D eigenvalue weighted by Gasteiger charge is -2.31. The van der Waals surface area contributed by atoms with E-state index >= 15 is 0 Å². The van der Waals surface area contributed by atoms with Gasteiger partial charge in [0, 0.05) is 24.3 Å². The molecule has 0 spiro atoms. The molecule has 1 fully saturated rings. The van der Waals surface area contributed by atoms with Gasteiger partial charge < -0.3 is 9.64 Å². The Morgan fingerprint density at radius 2 is 2.00 bits per heavy atom. The number of ether oxygens (including phenoxy) is 1. The number of halogens is 1. The second-order valence-corrected chi connectivity index (χ2v) is 7.36. The molecule has 1 aromatic carbocycles. The number of likely N-dealkylation sites (tertiary alicyclic amines) is 1. The fourth-order valence-electron chi connectivity index (χ4n) is 4.17. The average Bonchev–Trinajstić information content (AvgIpc) is 3.31. The summed E-state index contributed by atoms with van der Waals surface area (Å²) in [7, 11) is 0. The summed E-state index contributed by atoms with van der Waals surface area (Å²) < 4.78 is 20.2. The molecule has 1 aliphatic carbocycles. The molecule has 1 aliphatic heterocycles. The maximum Gasteiger partial charge on any atom is 0.310 e. The molecule has 2 heterocycles. The van der Waals surface area contributed by atoms with Crippen molar-refractivity contribution in [1.29, 1.82) is 0 Å². The zero-order chi connectivity index (χ0) is 19.7. The molecular formula is C21H24FN3O3. The minimum absolute atomic E-state index is 0.131. The van der Waals surface area contributed by atoms with Gasteiger partial charge in [-0.15, -0.1) is 0 Å². The van der Waals surface area contributed by atoms with Gasteiger partial charge in [-0.3, -0.25) is 9.59 Å². The van der Waals surface area contributed by atoms with Crippen LogP contribution in [0.3, 0.4) is 0 Å². The molecule has 1 aromatic heterocycles. The van der Waals surface area contributed by atoms with Crippen LogP contribution < -0.4 is 0 Å². The van der Waals surface area contributed by atoms with Crippen LogP contribution in [0.15, 0.2) is 24.3 Å². The van der Waals surface area contributed by atoms with Crippen LogP contribution in [0.5, 0.6) is 0 Å². The number of piperidine rings is 1. The van der Waals surface area contributed by atoms with Crippen LogP contribution in [-0.2, 0) is 22.4 Å². The van der Waals surface area contributed by atoms with Crippen LogP contribution in [0.2, 0.25) is 0 Å². The van der Waals surface area contributed by atoms with Gasteiger partial charge in [0.1, 0.15) is 5.82 Å². The number of hydrogen-bond acceptors (Lipinski definition) is 4. The average molecular weight is 385 g/mol. The van der Waals surface area contributed by atoms with Crippen molar-refractivity contribution in [2.24, 2.45) is 5.92 Å². The number of carbonyl (C=O) groups excluding carboxylic acids is 2. The molecule has 1 unspecified atom stereocenters. The van der Waals surface area contributed by atoms with E-state index in [1.54, 1.807) is 28.6 Å². The van der Waals surface area contributed by atoms with E-state index in [-0.39, 0.29) is 23.6 Å². The number of aromatic nitrogens is 2. The molecule has 0 bridgehead atoms. The third-order valence-corrected chi connectivity index (χ3v) is 5.53. The Morgan fingerprint density at radius 1 is 1.21 bits per heavy atom. The van der Waals surface area contributed by atoms with E-state index in [0.29, 0.717) is 25.4 Å². The first-order valence-corrected chi connectivity index (χ1v) is 9.91. The normalized spacial score (nSPS) is 18.8. The third kappa shape index (κ3) is 3.41. The highest BCUT2D eigenvalue weighted by Crippen LogP contribution is 2.29. The first kappa shape index (κ1) is 18.7. The monoisotopic (exact) mass is 385 g/mol. The van der Waals surface area contributed by atoms with Crippen LogP contribution in [0.25, 0.3) is 5.69 Å². The molecule has 1 amide bonds. The predicted octanol–water partition coefficient (Wildman–Crippen LogP) is 2.92. The van der Waals surface area contributed by atoms with Gasteiger partial charge in [-0.2, -0.15) is 5.10 Å². The van der Waals surface area contributed by atoms with Gasteiger partial charge in [0.15, 0.2) is 5.69 Å². The second-order valence-electron chi connectivity index (χ2n) is 7.36. The van der Waals surface area contributed by atoms with Gasteiger partial charge in [0.25, 0.3) is 5.91 Å². The van der Waals surface area contributed by atoms with Crippen molar-refractivity contribution < 1.29 is 18.7 Å². The molecule has 148 valence electrons. The van der Waals surface area contributed by atoms with E-state index in [9.17, 15) is 14.0 Å². The molecule has 28 heavy (non-hydrogen) atoms. The summed E-state index contributed by atoms with van der Waals surface area (Å²) in [5.41, 5.74) is 3.21. The van der Waals surface area contributed by atoms with Crippen LogP contribution >= 0.6 is 0 Å². The fraction of sp³-hybridized carbons (Fsp3) is 0.476. The molecule has 2 aliphatic rings. The van der Waals surface area contributed by atoms with Crippen LogP contribution in [-0.4, -0.2) is 46.3 Å². The second kappa shape index (κ2) is 7.73. The van der Waals surface area contributed by atoms with E-state index < -0.39 is 0 Å². The molecule has 7 heteroatoms. The van der Waals surface area contributed by atoms with E-state index in [1.165, 1.54) is 12.1 Å². The number of carbonyl (C=O) groups is 2. The van der Waals surface area contributed by atoms with Crippen molar-refractivity contribution in [3.05, 3.63) is 47.0 Å². The topological polar surface area (TPSA) is 64.4 Å². The van der Waals surface area contributed by atoms with Crippen LogP contribution in [0.1, 0.15) is 47.9 Å². The number of benzene rings is 1. The van der Waals surface area contributed by atoms with E-state index in [2.05, 4.69) is 5.10 Å². The fourth-order valence-corrected chi connectivity index (χ4v) is 4.17. The number of rotatable bonds is 4. The summed E-state index contributed by atoms with van der Waals surface area (Å²) >= 11 is 0. The smallest absolute Gasteiger partial charge is 0.310 e. The van der Waals surface area contributed by atoms with Gasteiger partial charge >= 0.3 is 5.97 Å². The van der Waals surface area contributed by atoms with Crippen molar-refractivity contribution in [2.75, 3.05) is 19.7 Å². The number of nitrogens with zero attached hydrogens (tertiary/aromatic N) is 3. The summed E-state index contributed by atoms with van der Waals surface area (Å²) in [5.74, 6) is -0.942. The van der Waals surface area contributed by atoms with Gasteiger partial charge in [0.2, 0.25) is 0 Å². The first-order valence-electron chi connectivity index (χ1n) is 9.91. The predicted molar refractivity (Wildman–Crippen MR) is 101 cm³/mol. The first-order chi connectivity index (χ1) is 13.6. The van der Waals surface area contributed by atoms with Crippen LogP contribution in [0, 0.1) is 11.7 Å². The largest absolute Gasteiger partial charge is 0.466 e. The zero-order valence-corrected chi connectivity index (χ0v) is 16.0. The number of esters is 1. The number of amides is 1. The van der Waals surface area contributed by atoms with Crippen LogP contribution in [0.4, 0.5) is 4.39 Å². The Kier molecular flexibility index (Phi) is 5.15. The SMILES string of the molecule is CCOC(=O)C1CCCN(C(=O)c2nn(-c3ccc(F)cc3)c3c2CCC3)C1. The van der Waals surface area contributed by atoms with Crippen molar-refractivity contribution in [2.45, 2.75) is 39.0 Å². The van der Waals surface area contributed by atoms with Crippen molar-refractivity contribution in [1.82, 2.24) is 14.7 Å². The number of fused-ring (bicyclic) bond motifs is 1. The minimum Gasteiger partial charge on any atom is -0.466 e. The summed E-state index contributed by atoms with van der Waals surface area (Å²) in [6.45, 7) is 3.12. The van der Waals surface area contributed by atoms with Gasteiger partial charge in [-0.1, -0.05) is 0 Å². The van der Waals surface area contributed by atoms with Gasteiger partial charge in [-0.25, -0.2) is 9.07 Å². The van der Waals surface area contributed by atoms with E-state index in [4.69, 9.17) is 4.74 Å². The molecule has 0 saturated carbocycles. The molecule has 0 N–H and O–H groups in total. The van der Waals surface area contributed by atoms with Gasteiger partial charge in [-0.05, 0) is 63.3 Å². The van der Waals surface area contributed by atoms with Crippen molar-refractivity contribution >= 4 is 11.9 Å². The Morgan fingerprint density at radius 3 is 2.75 bits per heavy atom. The lowest BCUT2D eigenvalue weighted by Crippen LogP contribution is -2.43. The summed E-state index contributed by atoms with van der Waals surface area (Å²) in [5, 5.41) is 4.60. The number of hydrogen-bond donors (Lipinski definition) is 0. The molecule has 2 aromatic rings. The van der Waals surface area contributed by atoms with Gasteiger partial charge in [0.05, 0.1) is 18.2 Å². The Balaban J connectivity index is 1.60. The highest BCUT2D eigenvalue weighted by Gasteiger charge is 2.34. The quantitative estimate of drug-likeness (QED) is 0.759. The zero-order valence-electron chi connectivity index (χ0n) is 16.0. The van der Waals surface area contributed by atoms with Crippen molar-refractivity contribution in [3.8, 4) is 5.69 Å². The molecule has 1 atom stereocenters. The molecule has 1 saturated heterocycles. The lowest BCUT2D eigenvalue weighted by atomic mass is 9.97. The van der Waals surface area contributed by atoms with E-state index in [1.807, 2.05) is 0 Å². The van der Waals surface area contributed by atoms with E-state index in [0.717, 1.165) is 49.0 Å². The summed E-state index contributed by atoms with van der Waals surface area (Å²) in [4.78, 5) is 27.0. The third-order valence-electron chi connectivity index (χ3n) is 5.53. The lowest BCUT2D eigenvalue weighted by molar-refractivity contribution is -0.149. The standard InChI is InChI=1S/C21H24FN3O3/c1-2-28-21(27)14-5-4-12-24(13-14)20(26)19-17-6-3-7-18(17)25(23-19)16-10-8-15(22)9-11-16/h8-11,14H,2-7,12-13H2,1H3. The maximum absolute atomic E-state index is 13.3. The highest BCUT2D eigenvalue weighted by atomic mass is 19.1. The Hall–Kier alpha value is -2.70. The highest BCUT2D eigenvalue weighted by molar-refractivity contribution is 5.94. The summed E-state index contributed by atoms with van der Waals surface area (Å²) in [6.07, 6.45) is 4.14. The molecule has 6 nitrogen and oxygen atoms in total. The Bertz CT molecular complexity index is 891. The molecule has 0 radical (unpaired) electrons. The minimum atomic E-state index is -0.304. The molecule has 4 rings (SSSR count). The molecular weight excluding hydrogens is 361 g/mol. The maximum atomic E-state index is 13.3. The Labute approximate surface area is 163 Å². The summed E-state index contributed by atoms with van der Waals surface area (Å²) in [6, 6.07) is 6.14.